The zero-order valence-electron chi connectivity index (χ0n) is 12.7. The van der Waals surface area contributed by atoms with Gasteiger partial charge in [0, 0.05) is 12.0 Å². The van der Waals surface area contributed by atoms with Gasteiger partial charge < -0.3 is 10.2 Å². The van der Waals surface area contributed by atoms with Crippen molar-refractivity contribution in [3.8, 4) is 0 Å². The number of hydrogen-bond donors (Lipinski definition) is 1. The molecule has 2 rings (SSSR count). The number of furan rings is 1. The summed E-state index contributed by atoms with van der Waals surface area (Å²) in [7, 11) is 2.13. The van der Waals surface area contributed by atoms with Crippen LogP contribution in [-0.2, 0) is 6.54 Å². The molecule has 2 N–H and O–H groups in total. The summed E-state index contributed by atoms with van der Waals surface area (Å²) in [5.74, 6) is 4.29. The van der Waals surface area contributed by atoms with E-state index in [0.717, 1.165) is 31.2 Å². The van der Waals surface area contributed by atoms with Crippen molar-refractivity contribution in [1.82, 2.24) is 4.90 Å². The number of nitrogens with two attached hydrogens (primary N) is 1. The van der Waals surface area contributed by atoms with Gasteiger partial charge in [-0.05, 0) is 50.4 Å². The third-order valence-corrected chi connectivity index (χ3v) is 4.28. The lowest BCUT2D eigenvalue weighted by molar-refractivity contribution is 0.270. The minimum Gasteiger partial charge on any atom is -0.464 e. The number of rotatable bonds is 7. The summed E-state index contributed by atoms with van der Waals surface area (Å²) in [5.41, 5.74) is 6.08. The van der Waals surface area contributed by atoms with E-state index in [4.69, 9.17) is 10.2 Å². The van der Waals surface area contributed by atoms with Gasteiger partial charge in [-0.3, -0.25) is 4.90 Å². The summed E-state index contributed by atoms with van der Waals surface area (Å²) in [5, 5.41) is 0. The van der Waals surface area contributed by atoms with E-state index in [1.807, 2.05) is 0 Å². The zero-order valence-corrected chi connectivity index (χ0v) is 12.7. The molecule has 0 bridgehead atoms. The quantitative estimate of drug-likeness (QED) is 0.822. The lowest BCUT2D eigenvalue weighted by Gasteiger charge is -2.20. The molecule has 1 heterocycles. The SMILES string of the molecule is CC(C)C(N)CCN(C)Cc1ccc(C2CC2C)o1. The molecule has 3 unspecified atom stereocenters. The molecule has 1 saturated carbocycles. The molecule has 0 aromatic carbocycles. The predicted molar refractivity (Wildman–Crippen MR) is 79.0 cm³/mol. The van der Waals surface area contributed by atoms with E-state index in [1.165, 1.54) is 12.2 Å². The molecular formula is C16H28N2O. The molecule has 1 aromatic rings. The van der Waals surface area contributed by atoms with Gasteiger partial charge in [-0.15, -0.1) is 0 Å². The van der Waals surface area contributed by atoms with Crippen molar-refractivity contribution in [2.75, 3.05) is 13.6 Å². The van der Waals surface area contributed by atoms with Gasteiger partial charge in [-0.25, -0.2) is 0 Å². The van der Waals surface area contributed by atoms with Crippen LogP contribution in [-0.4, -0.2) is 24.5 Å². The van der Waals surface area contributed by atoms with Crippen LogP contribution in [0.2, 0.25) is 0 Å². The Bertz CT molecular complexity index is 399. The Hall–Kier alpha value is -0.800. The summed E-state index contributed by atoms with van der Waals surface area (Å²) in [6, 6.07) is 4.57. The minimum atomic E-state index is 0.293. The molecule has 19 heavy (non-hydrogen) atoms. The molecule has 0 spiro atoms. The first-order valence-electron chi connectivity index (χ1n) is 7.50. The summed E-state index contributed by atoms with van der Waals surface area (Å²) < 4.78 is 5.93. The minimum absolute atomic E-state index is 0.293. The highest BCUT2D eigenvalue weighted by Crippen LogP contribution is 2.47. The van der Waals surface area contributed by atoms with Crippen LogP contribution >= 0.6 is 0 Å². The van der Waals surface area contributed by atoms with Crippen molar-refractivity contribution in [3.63, 3.8) is 0 Å². The zero-order chi connectivity index (χ0) is 14.0. The summed E-state index contributed by atoms with van der Waals surface area (Å²) in [6.07, 6.45) is 2.33. The van der Waals surface area contributed by atoms with E-state index in [-0.39, 0.29) is 0 Å². The largest absolute Gasteiger partial charge is 0.464 e. The summed E-state index contributed by atoms with van der Waals surface area (Å²) in [4.78, 5) is 2.29. The highest BCUT2D eigenvalue weighted by atomic mass is 16.3. The topological polar surface area (TPSA) is 42.4 Å². The van der Waals surface area contributed by atoms with Gasteiger partial charge in [-0.1, -0.05) is 20.8 Å². The Morgan fingerprint density at radius 3 is 2.68 bits per heavy atom. The predicted octanol–water partition coefficient (Wildman–Crippen LogP) is 3.21. The monoisotopic (exact) mass is 264 g/mol. The fourth-order valence-electron chi connectivity index (χ4n) is 2.45. The van der Waals surface area contributed by atoms with E-state index in [9.17, 15) is 0 Å². The summed E-state index contributed by atoms with van der Waals surface area (Å²) in [6.45, 7) is 8.55. The van der Waals surface area contributed by atoms with E-state index in [2.05, 4.69) is 44.9 Å². The Balaban J connectivity index is 1.75. The van der Waals surface area contributed by atoms with Crippen LogP contribution < -0.4 is 5.73 Å². The Labute approximate surface area is 117 Å². The molecule has 0 saturated heterocycles. The van der Waals surface area contributed by atoms with Crippen LogP contribution in [0.5, 0.6) is 0 Å². The van der Waals surface area contributed by atoms with Crippen molar-refractivity contribution in [3.05, 3.63) is 23.7 Å². The Kier molecular flexibility index (Phi) is 4.69. The average molecular weight is 264 g/mol. The number of nitrogens with zero attached hydrogens (tertiary/aromatic N) is 1. The standard InChI is InChI=1S/C16H28N2O/c1-11(2)15(17)7-8-18(4)10-13-5-6-16(19-13)14-9-12(14)3/h5-6,11-12,14-15H,7-10,17H2,1-4H3. The van der Waals surface area contributed by atoms with Gasteiger partial charge >= 0.3 is 0 Å². The molecule has 0 radical (unpaired) electrons. The fourth-order valence-corrected chi connectivity index (χ4v) is 2.45. The van der Waals surface area contributed by atoms with Crippen molar-refractivity contribution < 1.29 is 4.42 Å². The molecule has 1 aliphatic rings. The van der Waals surface area contributed by atoms with Gasteiger partial charge in [0.05, 0.1) is 6.54 Å². The second-order valence-electron chi connectivity index (χ2n) is 6.56. The first kappa shape index (κ1) is 14.6. The van der Waals surface area contributed by atoms with Crippen LogP contribution in [0.25, 0.3) is 0 Å². The van der Waals surface area contributed by atoms with Gasteiger partial charge in [-0.2, -0.15) is 0 Å². The second kappa shape index (κ2) is 6.10. The lowest BCUT2D eigenvalue weighted by Crippen LogP contribution is -2.31. The maximum atomic E-state index is 6.08. The molecule has 1 aliphatic carbocycles. The highest BCUT2D eigenvalue weighted by Gasteiger charge is 2.36. The van der Waals surface area contributed by atoms with Gasteiger partial charge in [0.25, 0.3) is 0 Å². The first-order valence-corrected chi connectivity index (χ1v) is 7.50. The van der Waals surface area contributed by atoms with E-state index < -0.39 is 0 Å². The molecule has 3 heteroatoms. The molecule has 3 atom stereocenters. The Morgan fingerprint density at radius 2 is 2.11 bits per heavy atom. The van der Waals surface area contributed by atoms with Crippen LogP contribution in [0.15, 0.2) is 16.5 Å². The average Bonchev–Trinajstić information content (AvgIpc) is 2.89. The molecule has 0 amide bonds. The fraction of sp³-hybridized carbons (Fsp3) is 0.750. The van der Waals surface area contributed by atoms with Crippen LogP contribution in [0.1, 0.15) is 51.1 Å². The van der Waals surface area contributed by atoms with Crippen LogP contribution in [0.3, 0.4) is 0 Å². The third kappa shape index (κ3) is 4.08. The van der Waals surface area contributed by atoms with Gasteiger partial charge in [0.1, 0.15) is 11.5 Å². The maximum absolute atomic E-state index is 6.08. The van der Waals surface area contributed by atoms with Crippen molar-refractivity contribution in [1.29, 1.82) is 0 Å². The van der Waals surface area contributed by atoms with E-state index in [1.54, 1.807) is 0 Å². The van der Waals surface area contributed by atoms with E-state index >= 15 is 0 Å². The molecular weight excluding hydrogens is 236 g/mol. The van der Waals surface area contributed by atoms with Crippen LogP contribution in [0.4, 0.5) is 0 Å². The Morgan fingerprint density at radius 1 is 1.42 bits per heavy atom. The van der Waals surface area contributed by atoms with Crippen molar-refractivity contribution in [2.45, 2.75) is 52.1 Å². The first-order chi connectivity index (χ1) is 8.97. The van der Waals surface area contributed by atoms with Crippen LogP contribution in [0, 0.1) is 11.8 Å². The number of hydrogen-bond acceptors (Lipinski definition) is 3. The lowest BCUT2D eigenvalue weighted by atomic mass is 10.0. The highest BCUT2D eigenvalue weighted by molar-refractivity contribution is 5.17. The molecule has 1 fully saturated rings. The van der Waals surface area contributed by atoms with Gasteiger partial charge in [0.2, 0.25) is 0 Å². The normalized spacial score (nSPS) is 24.2. The van der Waals surface area contributed by atoms with Gasteiger partial charge in [0.15, 0.2) is 0 Å². The smallest absolute Gasteiger partial charge is 0.118 e. The van der Waals surface area contributed by atoms with Crippen molar-refractivity contribution in [2.24, 2.45) is 17.6 Å². The molecule has 0 aliphatic heterocycles. The molecule has 1 aromatic heterocycles. The molecule has 108 valence electrons. The third-order valence-electron chi connectivity index (χ3n) is 4.28. The summed E-state index contributed by atoms with van der Waals surface area (Å²) >= 11 is 0. The van der Waals surface area contributed by atoms with E-state index in [0.29, 0.717) is 17.9 Å². The molecule has 3 nitrogen and oxygen atoms in total. The maximum Gasteiger partial charge on any atom is 0.118 e. The second-order valence-corrected chi connectivity index (χ2v) is 6.56. The van der Waals surface area contributed by atoms with Crippen molar-refractivity contribution >= 4 is 0 Å².